The summed E-state index contributed by atoms with van der Waals surface area (Å²) in [5, 5.41) is 5.66. The van der Waals surface area contributed by atoms with Crippen LogP contribution in [0.25, 0.3) is 0 Å². The van der Waals surface area contributed by atoms with Crippen LogP contribution < -0.4 is 10.6 Å². The molecule has 0 fully saturated rings. The van der Waals surface area contributed by atoms with Gasteiger partial charge in [0, 0.05) is 11.4 Å². The van der Waals surface area contributed by atoms with Crippen LogP contribution in [0, 0.1) is 0 Å². The van der Waals surface area contributed by atoms with Crippen LogP contribution in [0.15, 0.2) is 83.9 Å². The number of carbonyl (C=O) groups is 2. The summed E-state index contributed by atoms with van der Waals surface area (Å²) in [5.74, 6) is -0.606. The van der Waals surface area contributed by atoms with Crippen molar-refractivity contribution in [2.75, 3.05) is 10.6 Å². The predicted octanol–water partition coefficient (Wildman–Crippen LogP) is 5.89. The molecular weight excluding hydrogens is 402 g/mol. The summed E-state index contributed by atoms with van der Waals surface area (Å²) >= 11 is 0. The van der Waals surface area contributed by atoms with E-state index in [4.69, 9.17) is 9.73 Å². The summed E-state index contributed by atoms with van der Waals surface area (Å²) in [7, 11) is 0. The van der Waals surface area contributed by atoms with Gasteiger partial charge in [-0.3, -0.25) is 15.1 Å². The Morgan fingerprint density at radius 2 is 1.59 bits per heavy atom. The second-order valence-corrected chi connectivity index (χ2v) is 8.55. The minimum atomic E-state index is -0.572. The van der Waals surface area contributed by atoms with Crippen molar-refractivity contribution < 1.29 is 14.3 Å². The molecule has 2 N–H and O–H groups in total. The number of para-hydroxylation sites is 1. The van der Waals surface area contributed by atoms with Crippen LogP contribution >= 0.6 is 0 Å². The zero-order valence-electron chi connectivity index (χ0n) is 18.3. The number of benzene rings is 3. The van der Waals surface area contributed by atoms with E-state index < -0.39 is 17.6 Å². The molecule has 6 heteroatoms. The van der Waals surface area contributed by atoms with Gasteiger partial charge in [0.15, 0.2) is 0 Å². The Morgan fingerprint density at radius 3 is 2.28 bits per heavy atom. The van der Waals surface area contributed by atoms with Gasteiger partial charge in [0.2, 0.25) is 5.91 Å². The van der Waals surface area contributed by atoms with Gasteiger partial charge in [-0.15, -0.1) is 0 Å². The minimum Gasteiger partial charge on any atom is -0.444 e. The maximum absolute atomic E-state index is 12.9. The van der Waals surface area contributed by atoms with E-state index in [9.17, 15) is 9.59 Å². The first kappa shape index (κ1) is 21.3. The molecule has 3 aromatic carbocycles. The number of fused-ring (bicyclic) bond motifs is 1. The van der Waals surface area contributed by atoms with Gasteiger partial charge in [-0.25, -0.2) is 4.79 Å². The van der Waals surface area contributed by atoms with Gasteiger partial charge in [0.25, 0.3) is 0 Å². The molecule has 2 amide bonds. The summed E-state index contributed by atoms with van der Waals surface area (Å²) in [6.07, 6.45) is -0.516. The lowest BCUT2D eigenvalue weighted by Crippen LogP contribution is -2.27. The second kappa shape index (κ2) is 8.67. The topological polar surface area (TPSA) is 79.8 Å². The lowest BCUT2D eigenvalue weighted by atomic mass is 9.90. The van der Waals surface area contributed by atoms with E-state index >= 15 is 0 Å². The molecule has 1 atom stereocenters. The largest absolute Gasteiger partial charge is 0.444 e. The monoisotopic (exact) mass is 427 g/mol. The Kier molecular flexibility index (Phi) is 5.77. The normalized spacial score (nSPS) is 15.7. The van der Waals surface area contributed by atoms with Gasteiger partial charge in [0.1, 0.15) is 11.5 Å². The van der Waals surface area contributed by atoms with E-state index in [2.05, 4.69) is 10.6 Å². The van der Waals surface area contributed by atoms with E-state index in [0.29, 0.717) is 17.1 Å². The Balaban J connectivity index is 1.65. The fourth-order valence-electron chi connectivity index (χ4n) is 3.56. The number of hydrogen-bond acceptors (Lipinski definition) is 4. The highest BCUT2D eigenvalue weighted by Crippen LogP contribution is 2.36. The standard InChI is InChI=1S/C26H25N3O3/c1-26(2,3)32-25(31)28-19-15-13-18(14-16-19)27-23(17-9-5-4-6-10-17)22-20-11-7-8-12-21(20)29-24(22)30/h4-16,22H,1-3H3,(H,28,31)(H,29,30). The average Bonchev–Trinajstić information content (AvgIpc) is 3.08. The first-order valence-corrected chi connectivity index (χ1v) is 10.4. The zero-order chi connectivity index (χ0) is 22.7. The SMILES string of the molecule is CC(C)(C)OC(=O)Nc1ccc(N=C(c2ccccc2)C2C(=O)Nc3ccccc32)cc1. The molecule has 0 aromatic heterocycles. The quantitative estimate of drug-likeness (QED) is 0.510. The number of aliphatic imine (C=N–C) groups is 1. The van der Waals surface area contributed by atoms with Crippen LogP contribution in [0.5, 0.6) is 0 Å². The second-order valence-electron chi connectivity index (χ2n) is 8.55. The van der Waals surface area contributed by atoms with E-state index in [1.165, 1.54) is 0 Å². The molecule has 1 aliphatic heterocycles. The summed E-state index contributed by atoms with van der Waals surface area (Å²) in [6.45, 7) is 5.44. The van der Waals surface area contributed by atoms with E-state index in [0.717, 1.165) is 16.8 Å². The lowest BCUT2D eigenvalue weighted by molar-refractivity contribution is -0.115. The van der Waals surface area contributed by atoms with Crippen LogP contribution in [-0.2, 0) is 9.53 Å². The average molecular weight is 428 g/mol. The Morgan fingerprint density at radius 1 is 0.938 bits per heavy atom. The Labute approximate surface area is 187 Å². The maximum Gasteiger partial charge on any atom is 0.412 e. The zero-order valence-corrected chi connectivity index (χ0v) is 18.3. The van der Waals surface area contributed by atoms with E-state index in [-0.39, 0.29) is 5.91 Å². The van der Waals surface area contributed by atoms with Gasteiger partial charge >= 0.3 is 6.09 Å². The van der Waals surface area contributed by atoms with Crippen LogP contribution in [0.4, 0.5) is 21.9 Å². The molecule has 1 unspecified atom stereocenters. The molecule has 1 heterocycles. The molecule has 32 heavy (non-hydrogen) atoms. The van der Waals surface area contributed by atoms with Crippen LogP contribution in [0.2, 0.25) is 0 Å². The number of rotatable bonds is 4. The summed E-state index contributed by atoms with van der Waals surface area (Å²) in [5.41, 5.74) is 3.96. The Hall–Kier alpha value is -3.93. The van der Waals surface area contributed by atoms with Gasteiger partial charge in [0.05, 0.1) is 11.4 Å². The molecule has 0 radical (unpaired) electrons. The van der Waals surface area contributed by atoms with Gasteiger partial charge in [-0.05, 0) is 62.2 Å². The third kappa shape index (κ3) is 4.86. The van der Waals surface area contributed by atoms with Crippen molar-refractivity contribution in [1.29, 1.82) is 0 Å². The number of nitrogens with one attached hydrogen (secondary N) is 2. The predicted molar refractivity (Wildman–Crippen MR) is 127 cm³/mol. The van der Waals surface area contributed by atoms with Crippen molar-refractivity contribution in [2.45, 2.75) is 32.3 Å². The maximum atomic E-state index is 12.9. The number of carbonyl (C=O) groups excluding carboxylic acids is 2. The van der Waals surface area contributed by atoms with Gasteiger partial charge < -0.3 is 10.1 Å². The first-order valence-electron chi connectivity index (χ1n) is 10.4. The molecule has 0 spiro atoms. The highest BCUT2D eigenvalue weighted by Gasteiger charge is 2.35. The number of nitrogens with zero attached hydrogens (tertiary/aromatic N) is 1. The lowest BCUT2D eigenvalue weighted by Gasteiger charge is -2.19. The summed E-state index contributed by atoms with van der Waals surface area (Å²) < 4.78 is 5.28. The smallest absolute Gasteiger partial charge is 0.412 e. The molecule has 0 saturated carbocycles. The first-order chi connectivity index (χ1) is 15.3. The van der Waals surface area contributed by atoms with Crippen molar-refractivity contribution in [3.8, 4) is 0 Å². The fourth-order valence-corrected chi connectivity index (χ4v) is 3.56. The minimum absolute atomic E-state index is 0.1000. The molecule has 4 rings (SSSR count). The van der Waals surface area contributed by atoms with Gasteiger partial charge in [-0.2, -0.15) is 0 Å². The van der Waals surface area contributed by atoms with Crippen molar-refractivity contribution in [3.63, 3.8) is 0 Å². The van der Waals surface area contributed by atoms with Crippen molar-refractivity contribution in [3.05, 3.63) is 90.0 Å². The van der Waals surface area contributed by atoms with Crippen molar-refractivity contribution in [2.24, 2.45) is 4.99 Å². The molecule has 0 aliphatic carbocycles. The number of amides is 2. The van der Waals surface area contributed by atoms with Crippen molar-refractivity contribution in [1.82, 2.24) is 0 Å². The van der Waals surface area contributed by atoms with Crippen molar-refractivity contribution >= 4 is 34.8 Å². The molecule has 0 bridgehead atoms. The molecule has 162 valence electrons. The molecule has 1 aliphatic rings. The number of hydrogen-bond donors (Lipinski definition) is 2. The van der Waals surface area contributed by atoms with E-state index in [1.54, 1.807) is 24.3 Å². The fraction of sp³-hybridized carbons (Fsp3) is 0.192. The number of anilines is 2. The number of ether oxygens (including phenoxy) is 1. The van der Waals surface area contributed by atoms with Crippen LogP contribution in [-0.4, -0.2) is 23.3 Å². The third-order valence-corrected chi connectivity index (χ3v) is 4.90. The van der Waals surface area contributed by atoms with E-state index in [1.807, 2.05) is 75.4 Å². The molecule has 6 nitrogen and oxygen atoms in total. The summed E-state index contributed by atoms with van der Waals surface area (Å²) in [4.78, 5) is 29.7. The molecular formula is C26H25N3O3. The highest BCUT2D eigenvalue weighted by atomic mass is 16.6. The third-order valence-electron chi connectivity index (χ3n) is 4.90. The van der Waals surface area contributed by atoms with Crippen LogP contribution in [0.3, 0.4) is 0 Å². The Bertz CT molecular complexity index is 1160. The highest BCUT2D eigenvalue weighted by molar-refractivity contribution is 6.24. The molecule has 0 saturated heterocycles. The van der Waals surface area contributed by atoms with Gasteiger partial charge in [-0.1, -0.05) is 48.5 Å². The van der Waals surface area contributed by atoms with Crippen LogP contribution in [0.1, 0.15) is 37.8 Å². The summed E-state index contributed by atoms with van der Waals surface area (Å²) in [6, 6.07) is 24.5. The molecule has 3 aromatic rings.